The average Bonchev–Trinajstić information content (AvgIpc) is 3.85. The number of aromatic nitrogens is 3. The normalized spacial score (nSPS) is 13.7. The predicted molar refractivity (Wildman–Crippen MR) is 192 cm³/mol. The van der Waals surface area contributed by atoms with Gasteiger partial charge in [0, 0.05) is 22.0 Å². The summed E-state index contributed by atoms with van der Waals surface area (Å²) in [6.07, 6.45) is 0. The SMILES string of the molecule is c1ccc(-n2c3ccccc3c3cc(-c4cccc5nc6n(c45)-c4ccccc4C64c5ccccc5-c5ccccc54)ccc32)cc1. The standard InChI is InChI=1S/C44H27N3/c1-2-13-29(14-3-1)46-39-23-10-6-17-33(39)34-27-28(25-26-40(34)46)30-18-12-22-38-42(30)47-41-24-11-9-21-37(41)44(43(47)45-38)35-19-7-4-15-31(35)32-16-5-8-20-36(32)44/h1-27H. The Morgan fingerprint density at radius 3 is 1.89 bits per heavy atom. The van der Waals surface area contributed by atoms with Gasteiger partial charge >= 0.3 is 0 Å². The molecule has 0 bridgehead atoms. The van der Waals surface area contributed by atoms with E-state index in [1.54, 1.807) is 0 Å². The molecule has 3 heteroatoms. The second kappa shape index (κ2) is 8.96. The van der Waals surface area contributed by atoms with E-state index < -0.39 is 5.41 Å². The minimum atomic E-state index is -0.479. The zero-order valence-corrected chi connectivity index (χ0v) is 25.4. The van der Waals surface area contributed by atoms with Gasteiger partial charge in [-0.1, -0.05) is 121 Å². The lowest BCUT2D eigenvalue weighted by molar-refractivity contribution is 0.738. The molecular formula is C44H27N3. The van der Waals surface area contributed by atoms with Crippen LogP contribution in [0, 0.1) is 0 Å². The Bertz CT molecular complexity index is 2700. The molecule has 1 aliphatic heterocycles. The first-order valence-corrected chi connectivity index (χ1v) is 16.2. The number of hydrogen-bond acceptors (Lipinski definition) is 1. The van der Waals surface area contributed by atoms with E-state index in [0.29, 0.717) is 0 Å². The summed E-state index contributed by atoms with van der Waals surface area (Å²) in [5.41, 5.74) is 15.3. The summed E-state index contributed by atoms with van der Waals surface area (Å²) >= 11 is 0. The van der Waals surface area contributed by atoms with Gasteiger partial charge in [-0.3, -0.25) is 4.57 Å². The molecule has 0 fully saturated rings. The Hall–Kier alpha value is -6.19. The van der Waals surface area contributed by atoms with Crippen LogP contribution in [0.25, 0.3) is 66.5 Å². The maximum Gasteiger partial charge on any atom is 0.134 e. The molecule has 218 valence electrons. The first-order chi connectivity index (χ1) is 23.3. The van der Waals surface area contributed by atoms with Gasteiger partial charge in [0.25, 0.3) is 0 Å². The molecule has 2 aliphatic rings. The lowest BCUT2D eigenvalue weighted by Gasteiger charge is -2.27. The quantitative estimate of drug-likeness (QED) is 0.194. The minimum Gasteiger partial charge on any atom is -0.309 e. The fourth-order valence-electron chi connectivity index (χ4n) is 8.71. The molecule has 0 radical (unpaired) electrons. The van der Waals surface area contributed by atoms with Gasteiger partial charge in [0.15, 0.2) is 0 Å². The van der Waals surface area contributed by atoms with Crippen molar-refractivity contribution in [2.75, 3.05) is 0 Å². The zero-order chi connectivity index (χ0) is 30.7. The van der Waals surface area contributed by atoms with Crippen LogP contribution in [0.4, 0.5) is 0 Å². The van der Waals surface area contributed by atoms with E-state index in [2.05, 4.69) is 173 Å². The molecule has 3 heterocycles. The van der Waals surface area contributed by atoms with Crippen LogP contribution in [0.5, 0.6) is 0 Å². The van der Waals surface area contributed by atoms with E-state index in [4.69, 9.17) is 4.98 Å². The highest BCUT2D eigenvalue weighted by molar-refractivity contribution is 6.11. The molecular weight excluding hydrogens is 571 g/mol. The Morgan fingerprint density at radius 1 is 0.447 bits per heavy atom. The monoisotopic (exact) mass is 597 g/mol. The third-order valence-electron chi connectivity index (χ3n) is 10.5. The van der Waals surface area contributed by atoms with Crippen molar-refractivity contribution in [2.45, 2.75) is 5.41 Å². The van der Waals surface area contributed by atoms with Gasteiger partial charge in [-0.2, -0.15) is 0 Å². The fourth-order valence-corrected chi connectivity index (χ4v) is 8.71. The largest absolute Gasteiger partial charge is 0.309 e. The van der Waals surface area contributed by atoms with Gasteiger partial charge in [0.2, 0.25) is 0 Å². The Morgan fingerprint density at radius 2 is 1.09 bits per heavy atom. The van der Waals surface area contributed by atoms with Crippen LogP contribution in [0.3, 0.4) is 0 Å². The maximum atomic E-state index is 5.54. The maximum absolute atomic E-state index is 5.54. The van der Waals surface area contributed by atoms with Crippen molar-refractivity contribution in [2.24, 2.45) is 0 Å². The van der Waals surface area contributed by atoms with Crippen molar-refractivity contribution in [3.63, 3.8) is 0 Å². The fraction of sp³-hybridized carbons (Fsp3) is 0.0227. The summed E-state index contributed by atoms with van der Waals surface area (Å²) in [7, 11) is 0. The molecule has 0 unspecified atom stereocenters. The third kappa shape index (κ3) is 3.04. The third-order valence-corrected chi connectivity index (χ3v) is 10.5. The first kappa shape index (κ1) is 25.1. The Labute approximate surface area is 271 Å². The van der Waals surface area contributed by atoms with Gasteiger partial charge in [-0.25, -0.2) is 4.98 Å². The molecule has 2 aromatic heterocycles. The average molecular weight is 598 g/mol. The van der Waals surface area contributed by atoms with E-state index >= 15 is 0 Å². The van der Waals surface area contributed by atoms with Crippen LogP contribution < -0.4 is 0 Å². The van der Waals surface area contributed by atoms with Crippen LogP contribution in [0.15, 0.2) is 164 Å². The summed E-state index contributed by atoms with van der Waals surface area (Å²) in [6.45, 7) is 0. The lowest BCUT2D eigenvalue weighted by Crippen LogP contribution is -2.27. The Kier molecular flexibility index (Phi) is 4.78. The van der Waals surface area contributed by atoms with Gasteiger partial charge in [-0.05, 0) is 75.8 Å². The highest BCUT2D eigenvalue weighted by atomic mass is 15.1. The van der Waals surface area contributed by atoms with Crippen LogP contribution in [-0.2, 0) is 5.41 Å². The van der Waals surface area contributed by atoms with Gasteiger partial charge in [0.1, 0.15) is 11.2 Å². The molecule has 3 nitrogen and oxygen atoms in total. The minimum absolute atomic E-state index is 0.479. The molecule has 1 aliphatic carbocycles. The highest BCUT2D eigenvalue weighted by Crippen LogP contribution is 2.60. The zero-order valence-electron chi connectivity index (χ0n) is 25.4. The molecule has 1 spiro atoms. The molecule has 0 amide bonds. The molecule has 0 atom stereocenters. The van der Waals surface area contributed by atoms with Crippen molar-refractivity contribution in [3.8, 4) is 33.6 Å². The molecule has 0 N–H and O–H groups in total. The summed E-state index contributed by atoms with van der Waals surface area (Å²) in [5, 5.41) is 2.50. The van der Waals surface area contributed by atoms with Crippen LogP contribution in [0.1, 0.15) is 22.5 Å². The van der Waals surface area contributed by atoms with E-state index in [9.17, 15) is 0 Å². The number of para-hydroxylation sites is 4. The van der Waals surface area contributed by atoms with Crippen molar-refractivity contribution in [1.82, 2.24) is 14.1 Å². The van der Waals surface area contributed by atoms with Gasteiger partial charge < -0.3 is 4.57 Å². The molecule has 7 aromatic carbocycles. The summed E-state index contributed by atoms with van der Waals surface area (Å²) in [6, 6.07) is 59.7. The Balaban J connectivity index is 1.22. The second-order valence-electron chi connectivity index (χ2n) is 12.7. The van der Waals surface area contributed by atoms with Crippen molar-refractivity contribution >= 4 is 32.8 Å². The van der Waals surface area contributed by atoms with Crippen LogP contribution in [0.2, 0.25) is 0 Å². The van der Waals surface area contributed by atoms with Crippen molar-refractivity contribution in [3.05, 3.63) is 186 Å². The number of hydrogen-bond donors (Lipinski definition) is 0. The number of rotatable bonds is 2. The van der Waals surface area contributed by atoms with Crippen molar-refractivity contribution < 1.29 is 0 Å². The number of benzene rings is 7. The molecule has 0 saturated carbocycles. The first-order valence-electron chi connectivity index (χ1n) is 16.2. The lowest BCUT2D eigenvalue weighted by atomic mass is 9.73. The number of fused-ring (bicyclic) bond motifs is 15. The summed E-state index contributed by atoms with van der Waals surface area (Å²) in [4.78, 5) is 5.54. The van der Waals surface area contributed by atoms with E-state index in [-0.39, 0.29) is 0 Å². The van der Waals surface area contributed by atoms with Crippen molar-refractivity contribution in [1.29, 1.82) is 0 Å². The smallest absolute Gasteiger partial charge is 0.134 e. The molecule has 47 heavy (non-hydrogen) atoms. The highest BCUT2D eigenvalue weighted by Gasteiger charge is 2.54. The van der Waals surface area contributed by atoms with E-state index in [0.717, 1.165) is 16.9 Å². The van der Waals surface area contributed by atoms with Gasteiger partial charge in [-0.15, -0.1) is 0 Å². The molecule has 11 rings (SSSR count). The topological polar surface area (TPSA) is 22.8 Å². The molecule has 0 saturated heterocycles. The van der Waals surface area contributed by atoms with Crippen LogP contribution >= 0.6 is 0 Å². The molecule has 9 aromatic rings. The number of nitrogens with zero attached hydrogens (tertiary/aromatic N) is 3. The summed E-state index contributed by atoms with van der Waals surface area (Å²) < 4.78 is 4.83. The summed E-state index contributed by atoms with van der Waals surface area (Å²) in [5.74, 6) is 1.07. The van der Waals surface area contributed by atoms with E-state index in [1.807, 2.05) is 0 Å². The predicted octanol–water partition coefficient (Wildman–Crippen LogP) is 10.5. The van der Waals surface area contributed by atoms with E-state index in [1.165, 1.54) is 72.1 Å². The van der Waals surface area contributed by atoms with Gasteiger partial charge in [0.05, 0.1) is 27.8 Å². The van der Waals surface area contributed by atoms with Crippen LogP contribution in [-0.4, -0.2) is 14.1 Å². The second-order valence-corrected chi connectivity index (χ2v) is 12.7. The number of imidazole rings is 1.